The summed E-state index contributed by atoms with van der Waals surface area (Å²) < 4.78 is 4.97. The molecule has 7 nitrogen and oxygen atoms in total. The largest absolute Gasteiger partial charge is 0.443 e. The van der Waals surface area contributed by atoms with Crippen LogP contribution >= 0.6 is 21.6 Å². The van der Waals surface area contributed by atoms with Crippen LogP contribution in [-0.4, -0.2) is 35.0 Å². The van der Waals surface area contributed by atoms with Gasteiger partial charge in [0.1, 0.15) is 10.6 Å². The Bertz CT molecular complexity index is 480. The zero-order valence-corrected chi connectivity index (χ0v) is 14.3. The number of aromatic nitrogens is 1. The van der Waals surface area contributed by atoms with Crippen LogP contribution in [0.1, 0.15) is 20.8 Å². The molecule has 0 radical (unpaired) electrons. The lowest BCUT2D eigenvalue weighted by Crippen LogP contribution is -2.48. The number of nitrogens with zero attached hydrogens (tertiary/aromatic N) is 1. The maximum absolute atomic E-state index is 11.4. The van der Waals surface area contributed by atoms with Crippen molar-refractivity contribution in [2.75, 3.05) is 12.3 Å². The van der Waals surface area contributed by atoms with Gasteiger partial charge in [0.25, 0.3) is 0 Å². The Hall–Kier alpha value is -1.61. The Kier molecular flexibility index (Phi) is 7.89. The van der Waals surface area contributed by atoms with Crippen molar-refractivity contribution < 1.29 is 14.3 Å². The molecule has 0 saturated heterocycles. The number of amides is 3. The van der Waals surface area contributed by atoms with E-state index in [9.17, 15) is 9.59 Å². The molecule has 3 N–H and O–H groups in total. The zero-order chi connectivity index (χ0) is 16.4. The molecule has 0 aliphatic heterocycles. The Morgan fingerprint density at radius 1 is 1.27 bits per heavy atom. The molecule has 9 heteroatoms. The second kappa shape index (κ2) is 9.42. The van der Waals surface area contributed by atoms with Crippen LogP contribution in [0.25, 0.3) is 0 Å². The van der Waals surface area contributed by atoms with E-state index >= 15 is 0 Å². The standard InChI is InChI=1S/C13H20N4O3S2/c1-13(2,3)20-12(19)17-16-11(18)15-8-9-21-22-10-6-4-5-7-14-10/h4-7H,8-9H2,1-3H3,(H,17,19)(H2,15,16,18). The molecule has 0 saturated carbocycles. The minimum Gasteiger partial charge on any atom is -0.443 e. The highest BCUT2D eigenvalue weighted by Crippen LogP contribution is 2.28. The minimum absolute atomic E-state index is 0.465. The molecule has 0 atom stereocenters. The van der Waals surface area contributed by atoms with Gasteiger partial charge in [-0.3, -0.25) is 0 Å². The number of hydrogen-bond donors (Lipinski definition) is 3. The second-order valence-corrected chi connectivity index (χ2v) is 7.52. The highest BCUT2D eigenvalue weighted by molar-refractivity contribution is 8.76. The highest BCUT2D eigenvalue weighted by atomic mass is 33.1. The molecule has 3 amide bonds. The minimum atomic E-state index is -0.706. The van der Waals surface area contributed by atoms with E-state index in [1.807, 2.05) is 18.2 Å². The first-order valence-electron chi connectivity index (χ1n) is 6.60. The number of hydrogen-bond acceptors (Lipinski definition) is 6. The second-order valence-electron chi connectivity index (χ2n) is 5.08. The van der Waals surface area contributed by atoms with Gasteiger partial charge < -0.3 is 10.1 Å². The van der Waals surface area contributed by atoms with E-state index in [1.54, 1.807) is 48.6 Å². The molecule has 1 rings (SSSR count). The Balaban J connectivity index is 2.05. The number of carbonyl (C=O) groups is 2. The van der Waals surface area contributed by atoms with Gasteiger partial charge in [0.2, 0.25) is 0 Å². The number of pyridine rings is 1. The fourth-order valence-corrected chi connectivity index (χ4v) is 2.95. The van der Waals surface area contributed by atoms with Crippen molar-refractivity contribution >= 4 is 33.7 Å². The predicted octanol–water partition coefficient (Wildman–Crippen LogP) is 2.56. The summed E-state index contributed by atoms with van der Waals surface area (Å²) in [4.78, 5) is 26.9. The topological polar surface area (TPSA) is 92.4 Å². The van der Waals surface area contributed by atoms with Crippen molar-refractivity contribution in [2.24, 2.45) is 0 Å². The normalized spacial score (nSPS) is 10.7. The van der Waals surface area contributed by atoms with Crippen molar-refractivity contribution in [3.8, 4) is 0 Å². The number of carbonyl (C=O) groups excluding carboxylic acids is 2. The van der Waals surface area contributed by atoms with Crippen LogP contribution in [0.15, 0.2) is 29.4 Å². The smallest absolute Gasteiger partial charge is 0.426 e. The van der Waals surface area contributed by atoms with Crippen LogP contribution in [-0.2, 0) is 4.74 Å². The summed E-state index contributed by atoms with van der Waals surface area (Å²) >= 11 is 0. The van der Waals surface area contributed by atoms with E-state index in [1.165, 1.54) is 0 Å². The first-order valence-corrected chi connectivity index (χ1v) is 8.92. The molecule has 0 aliphatic rings. The number of urea groups is 1. The van der Waals surface area contributed by atoms with E-state index in [4.69, 9.17) is 4.74 Å². The molecule has 0 bridgehead atoms. The van der Waals surface area contributed by atoms with Gasteiger partial charge in [-0.05, 0) is 43.7 Å². The average molecular weight is 344 g/mol. The van der Waals surface area contributed by atoms with Crippen molar-refractivity contribution in [1.82, 2.24) is 21.2 Å². The molecule has 22 heavy (non-hydrogen) atoms. The molecular weight excluding hydrogens is 324 g/mol. The van der Waals surface area contributed by atoms with Gasteiger partial charge in [-0.2, -0.15) is 0 Å². The summed E-state index contributed by atoms with van der Waals surface area (Å²) in [5.74, 6) is 0.709. The molecular formula is C13H20N4O3S2. The zero-order valence-electron chi connectivity index (χ0n) is 12.7. The van der Waals surface area contributed by atoms with Crippen molar-refractivity contribution in [1.29, 1.82) is 0 Å². The van der Waals surface area contributed by atoms with Crippen molar-refractivity contribution in [3.05, 3.63) is 24.4 Å². The number of ether oxygens (including phenoxy) is 1. The molecule has 1 aromatic heterocycles. The van der Waals surface area contributed by atoms with E-state index in [0.717, 1.165) is 5.03 Å². The monoisotopic (exact) mass is 344 g/mol. The lowest BCUT2D eigenvalue weighted by molar-refractivity contribution is 0.0505. The summed E-state index contributed by atoms with van der Waals surface area (Å²) in [6.07, 6.45) is 1.03. The summed E-state index contributed by atoms with van der Waals surface area (Å²) in [7, 11) is 3.12. The van der Waals surface area contributed by atoms with Gasteiger partial charge in [-0.25, -0.2) is 25.4 Å². The lowest BCUT2D eigenvalue weighted by atomic mass is 10.2. The van der Waals surface area contributed by atoms with E-state index in [0.29, 0.717) is 12.3 Å². The first-order chi connectivity index (χ1) is 10.4. The Morgan fingerprint density at radius 3 is 2.68 bits per heavy atom. The SMILES string of the molecule is CC(C)(C)OC(=O)NNC(=O)NCCSSc1ccccn1. The van der Waals surface area contributed by atoms with Gasteiger partial charge in [-0.15, -0.1) is 0 Å². The van der Waals surface area contributed by atoms with Crippen LogP contribution in [0, 0.1) is 0 Å². The third-order valence-electron chi connectivity index (χ3n) is 1.93. The predicted molar refractivity (Wildman–Crippen MR) is 88.5 cm³/mol. The Morgan fingerprint density at radius 2 is 2.05 bits per heavy atom. The van der Waals surface area contributed by atoms with Crippen molar-refractivity contribution in [2.45, 2.75) is 31.4 Å². The van der Waals surface area contributed by atoms with E-state index in [2.05, 4.69) is 21.2 Å². The molecule has 0 unspecified atom stereocenters. The van der Waals surface area contributed by atoms with Gasteiger partial charge in [0.05, 0.1) is 0 Å². The third-order valence-corrected chi connectivity index (χ3v) is 4.20. The van der Waals surface area contributed by atoms with E-state index in [-0.39, 0.29) is 0 Å². The maximum atomic E-state index is 11.4. The van der Waals surface area contributed by atoms with Gasteiger partial charge in [0, 0.05) is 18.5 Å². The highest BCUT2D eigenvalue weighted by Gasteiger charge is 2.16. The first kappa shape index (κ1) is 18.4. The molecule has 1 aromatic rings. The van der Waals surface area contributed by atoms with Crippen molar-refractivity contribution in [3.63, 3.8) is 0 Å². The van der Waals surface area contributed by atoms with Crippen LogP contribution in [0.5, 0.6) is 0 Å². The van der Waals surface area contributed by atoms with E-state index < -0.39 is 17.7 Å². The molecule has 0 fully saturated rings. The molecule has 0 aromatic carbocycles. The molecule has 1 heterocycles. The lowest BCUT2D eigenvalue weighted by Gasteiger charge is -2.19. The van der Waals surface area contributed by atoms with Gasteiger partial charge in [0.15, 0.2) is 0 Å². The Labute approximate surface area is 137 Å². The number of nitrogens with one attached hydrogen (secondary N) is 3. The van der Waals surface area contributed by atoms with Crippen LogP contribution in [0.4, 0.5) is 9.59 Å². The van der Waals surface area contributed by atoms with Gasteiger partial charge in [-0.1, -0.05) is 16.9 Å². The summed E-state index contributed by atoms with van der Waals surface area (Å²) in [5, 5.41) is 3.53. The third kappa shape index (κ3) is 9.35. The summed E-state index contributed by atoms with van der Waals surface area (Å²) in [6, 6.07) is 5.21. The average Bonchev–Trinajstić information content (AvgIpc) is 2.44. The summed E-state index contributed by atoms with van der Waals surface area (Å²) in [5.41, 5.74) is 3.76. The summed E-state index contributed by atoms with van der Waals surface area (Å²) in [6.45, 7) is 5.68. The maximum Gasteiger partial charge on any atom is 0.426 e. The van der Waals surface area contributed by atoms with Crippen LogP contribution < -0.4 is 16.2 Å². The van der Waals surface area contributed by atoms with Crippen LogP contribution in [0.3, 0.4) is 0 Å². The quantitative estimate of drug-likeness (QED) is 0.432. The van der Waals surface area contributed by atoms with Gasteiger partial charge >= 0.3 is 12.1 Å². The van der Waals surface area contributed by atoms with Crippen LogP contribution in [0.2, 0.25) is 0 Å². The number of hydrazine groups is 1. The molecule has 0 spiro atoms. The molecule has 122 valence electrons. The molecule has 0 aliphatic carbocycles. The fraction of sp³-hybridized carbons (Fsp3) is 0.462. The fourth-order valence-electron chi connectivity index (χ4n) is 1.16. The number of rotatable bonds is 5.